The van der Waals surface area contributed by atoms with Crippen LogP contribution < -0.4 is 0 Å². The monoisotopic (exact) mass is 1330 g/mol. The molecule has 0 atom stereocenters. The minimum atomic E-state index is -5.77. The quantitative estimate of drug-likeness (QED) is 0.0602. The smallest absolute Gasteiger partial charge is 0.744 e. The van der Waals surface area contributed by atoms with E-state index in [4.69, 9.17) is 0 Å². The van der Waals surface area contributed by atoms with Crippen LogP contribution in [0.2, 0.25) is 0 Å². The SMILES string of the molecule is O=S(=O)([O-])c1c(F)c(F)c(F)c(F)c1F.O=S(=O)([O-])c1c(F)c(F)c(F)c(F)c1F.O=S(=O)([O-])c1c(F)c(F)c(F)c(F)c1F.O=S(=O)([O-])c1c(F)c(F)c(F)c(F)c1F.O=S(=O)([O-])c1c(F)c(F)c(F)c(F)c1F.[Nb+5]. The summed E-state index contributed by atoms with van der Waals surface area (Å²) in [5.74, 6) is -64.1. The van der Waals surface area contributed by atoms with E-state index in [2.05, 4.69) is 0 Å². The molecule has 0 aliphatic heterocycles. The zero-order valence-electron chi connectivity index (χ0n) is 33.1. The summed E-state index contributed by atoms with van der Waals surface area (Å²) in [4.78, 5) is -11.9. The Kier molecular flexibility index (Phi) is 23.2. The molecule has 0 aliphatic carbocycles. The van der Waals surface area contributed by atoms with Crippen LogP contribution in [-0.4, -0.2) is 64.9 Å². The van der Waals surface area contributed by atoms with Gasteiger partial charge in [-0.1, -0.05) is 0 Å². The van der Waals surface area contributed by atoms with Gasteiger partial charge in [-0.25, -0.2) is 152 Å². The van der Waals surface area contributed by atoms with Crippen LogP contribution in [-0.2, 0) is 73.0 Å². The van der Waals surface area contributed by atoms with Crippen LogP contribution in [0.4, 0.5) is 110 Å². The third-order valence-electron chi connectivity index (χ3n) is 7.10. The van der Waals surface area contributed by atoms with E-state index in [9.17, 15) is 175 Å². The van der Waals surface area contributed by atoms with E-state index in [1.807, 2.05) is 0 Å². The summed E-state index contributed by atoms with van der Waals surface area (Å²) in [6, 6.07) is 0. The maximum Gasteiger partial charge on any atom is 5.00 e. The van der Waals surface area contributed by atoms with Crippen molar-refractivity contribution in [1.29, 1.82) is 0 Å². The number of halogens is 25. The molecule has 0 unspecified atom stereocenters. The molecule has 0 amide bonds. The van der Waals surface area contributed by atoms with Crippen molar-refractivity contribution in [2.75, 3.05) is 0 Å². The van der Waals surface area contributed by atoms with Crippen molar-refractivity contribution >= 4 is 50.6 Å². The van der Waals surface area contributed by atoms with Gasteiger partial charge in [0.15, 0.2) is 116 Å². The first-order valence-corrected chi connectivity index (χ1v) is 22.8. The van der Waals surface area contributed by atoms with Gasteiger partial charge in [0.1, 0.15) is 75.1 Å². The van der Waals surface area contributed by atoms with E-state index in [1.165, 1.54) is 0 Å². The average Bonchev–Trinajstić information content (AvgIpc) is 3.26. The molecule has 76 heavy (non-hydrogen) atoms. The summed E-state index contributed by atoms with van der Waals surface area (Å²) in [5, 5.41) is 0. The minimum absolute atomic E-state index is 0. The Bertz CT molecular complexity index is 3050. The second kappa shape index (κ2) is 25.0. The van der Waals surface area contributed by atoms with Gasteiger partial charge in [-0.15, -0.1) is 0 Å². The van der Waals surface area contributed by atoms with Gasteiger partial charge in [-0.3, -0.25) is 0 Å². The maximum absolute atomic E-state index is 12.6. The fourth-order valence-electron chi connectivity index (χ4n) is 4.02. The fraction of sp³-hybridized carbons (Fsp3) is 0. The van der Waals surface area contributed by atoms with Gasteiger partial charge in [0.25, 0.3) is 0 Å². The Hall–Kier alpha value is -5.36. The maximum atomic E-state index is 12.6. The van der Waals surface area contributed by atoms with E-state index < -0.39 is 220 Å². The molecule has 0 spiro atoms. The number of benzene rings is 5. The molecule has 46 heteroatoms. The van der Waals surface area contributed by atoms with Crippen LogP contribution in [0, 0.1) is 145 Å². The Morgan fingerprint density at radius 1 is 0.158 bits per heavy atom. The summed E-state index contributed by atoms with van der Waals surface area (Å²) in [6.07, 6.45) is 0. The normalized spacial score (nSPS) is 11.7. The zero-order chi connectivity index (χ0) is 59.8. The molecule has 15 nitrogen and oxygen atoms in total. The third kappa shape index (κ3) is 15.0. The van der Waals surface area contributed by atoms with Crippen molar-refractivity contribution in [2.45, 2.75) is 24.5 Å². The largest absolute Gasteiger partial charge is 5.00 e. The van der Waals surface area contributed by atoms with Gasteiger partial charge in [0, 0.05) is 0 Å². The van der Waals surface area contributed by atoms with Crippen LogP contribution in [0.25, 0.3) is 0 Å². The molecular weight excluding hydrogens is 1330 g/mol. The third-order valence-corrected chi connectivity index (χ3v) is 11.4. The molecule has 0 N–H and O–H groups in total. The number of hydrogen-bond donors (Lipinski definition) is 0. The Balaban J connectivity index is 0.000000922. The van der Waals surface area contributed by atoms with Crippen LogP contribution in [0.5, 0.6) is 0 Å². The zero-order valence-corrected chi connectivity index (χ0v) is 39.3. The van der Waals surface area contributed by atoms with Crippen LogP contribution in [0.15, 0.2) is 24.5 Å². The summed E-state index contributed by atoms with van der Waals surface area (Å²) in [6.45, 7) is 0. The summed E-state index contributed by atoms with van der Waals surface area (Å²) in [7, 11) is -28.9. The number of rotatable bonds is 5. The van der Waals surface area contributed by atoms with Crippen molar-refractivity contribution in [3.63, 3.8) is 0 Å². The van der Waals surface area contributed by atoms with E-state index in [-0.39, 0.29) is 22.4 Å². The molecule has 0 saturated heterocycles. The molecule has 0 heterocycles. The average molecular weight is 1330 g/mol. The number of hydrogen-bond acceptors (Lipinski definition) is 15. The van der Waals surface area contributed by atoms with Gasteiger partial charge < -0.3 is 22.8 Å². The van der Waals surface area contributed by atoms with Crippen molar-refractivity contribution < 1.29 is 197 Å². The molecule has 5 aromatic carbocycles. The Morgan fingerprint density at radius 2 is 0.211 bits per heavy atom. The van der Waals surface area contributed by atoms with Gasteiger partial charge in [-0.2, -0.15) is 0 Å². The van der Waals surface area contributed by atoms with Crippen LogP contribution in [0.3, 0.4) is 0 Å². The fourth-order valence-corrected chi connectivity index (χ4v) is 7.11. The molecule has 5 rings (SSSR count). The predicted molar refractivity (Wildman–Crippen MR) is 171 cm³/mol. The molecule has 5 aromatic rings. The topological polar surface area (TPSA) is 286 Å². The molecule has 0 saturated carbocycles. The minimum Gasteiger partial charge on any atom is -0.744 e. The van der Waals surface area contributed by atoms with Crippen molar-refractivity contribution in [2.24, 2.45) is 0 Å². The molecule has 420 valence electrons. The van der Waals surface area contributed by atoms with Gasteiger partial charge in [-0.05, 0) is 0 Å². The molecule has 0 aliphatic rings. The van der Waals surface area contributed by atoms with E-state index in [1.54, 1.807) is 0 Å². The van der Waals surface area contributed by atoms with Crippen LogP contribution in [0.1, 0.15) is 0 Å². The molecule has 0 radical (unpaired) electrons. The van der Waals surface area contributed by atoms with Gasteiger partial charge in [0.2, 0.25) is 29.1 Å². The molecule has 0 fully saturated rings. The summed E-state index contributed by atoms with van der Waals surface area (Å²) < 4.78 is 464. The predicted octanol–water partition coefficient (Wildman–Crippen LogP) is 6.43. The van der Waals surface area contributed by atoms with Crippen LogP contribution >= 0.6 is 0 Å². The second-order valence-electron chi connectivity index (χ2n) is 11.8. The second-order valence-corrected chi connectivity index (χ2v) is 18.3. The Morgan fingerprint density at radius 3 is 0.263 bits per heavy atom. The first-order valence-electron chi connectivity index (χ1n) is 15.7. The first kappa shape index (κ1) is 70.6. The summed E-state index contributed by atoms with van der Waals surface area (Å²) in [5.41, 5.74) is 0. The van der Waals surface area contributed by atoms with Crippen molar-refractivity contribution in [1.82, 2.24) is 0 Å². The standard InChI is InChI=1S/5C6HF5O3S.Nb/c5*7-1-2(8)4(10)6(15(12,13)14)5(11)3(1)9;/h5*(H,12,13,14);/q;;;;;+5/p-5. The van der Waals surface area contributed by atoms with Gasteiger partial charge in [0.05, 0.1) is 0 Å². The van der Waals surface area contributed by atoms with E-state index in [0.717, 1.165) is 0 Å². The van der Waals surface area contributed by atoms with E-state index >= 15 is 0 Å². The molecule has 0 bridgehead atoms. The molecular formula is C30F25NbO15S5. The Labute approximate surface area is 416 Å². The molecule has 0 aromatic heterocycles. The first-order chi connectivity index (χ1) is 33.4. The van der Waals surface area contributed by atoms with Crippen molar-refractivity contribution in [3.05, 3.63) is 145 Å². The summed E-state index contributed by atoms with van der Waals surface area (Å²) >= 11 is 0. The van der Waals surface area contributed by atoms with E-state index in [0.29, 0.717) is 0 Å². The van der Waals surface area contributed by atoms with Crippen molar-refractivity contribution in [3.8, 4) is 0 Å². The van der Waals surface area contributed by atoms with Gasteiger partial charge >= 0.3 is 22.4 Å².